The van der Waals surface area contributed by atoms with Gasteiger partial charge < -0.3 is 20.1 Å². The lowest BCUT2D eigenvalue weighted by Crippen LogP contribution is -2.51. The molecule has 9 nitrogen and oxygen atoms in total. The maximum absolute atomic E-state index is 4.82. The van der Waals surface area contributed by atoms with Crippen LogP contribution in [0.4, 0.5) is 5.69 Å². The van der Waals surface area contributed by atoms with Gasteiger partial charge in [0.1, 0.15) is 12.4 Å². The van der Waals surface area contributed by atoms with Crippen LogP contribution in [0.2, 0.25) is 0 Å². The van der Waals surface area contributed by atoms with Gasteiger partial charge in [-0.1, -0.05) is 6.07 Å². The number of aliphatic imine (C=N–C) groups is 1. The Morgan fingerprint density at radius 2 is 2.23 bits per heavy atom. The Labute approximate surface area is 187 Å². The lowest BCUT2D eigenvalue weighted by Gasteiger charge is -2.34. The number of hydrogen-bond acceptors (Lipinski definition) is 6. The van der Waals surface area contributed by atoms with Gasteiger partial charge in [-0.15, -0.1) is 21.5 Å². The molecule has 0 saturated carbocycles. The number of aryl methyl sites for hydroxylation is 2. The summed E-state index contributed by atoms with van der Waals surface area (Å²) in [4.78, 5) is 8.59. The summed E-state index contributed by atoms with van der Waals surface area (Å²) in [5.41, 5.74) is 1.17. The molecule has 0 aliphatic carbocycles. The number of thiophene rings is 1. The molecule has 1 unspecified atom stereocenters. The smallest absolute Gasteiger partial charge is 0.192 e. The summed E-state index contributed by atoms with van der Waals surface area (Å²) in [7, 11) is 3.93. The highest BCUT2D eigenvalue weighted by atomic mass is 32.1. The molecule has 0 bridgehead atoms. The van der Waals surface area contributed by atoms with Gasteiger partial charge in [0, 0.05) is 50.8 Å². The van der Waals surface area contributed by atoms with E-state index in [-0.39, 0.29) is 0 Å². The molecule has 4 heterocycles. The van der Waals surface area contributed by atoms with E-state index in [4.69, 9.17) is 4.99 Å². The van der Waals surface area contributed by atoms with E-state index < -0.39 is 0 Å². The Bertz CT molecular complexity index is 989. The van der Waals surface area contributed by atoms with E-state index in [0.29, 0.717) is 12.6 Å². The minimum Gasteiger partial charge on any atom is -0.367 e. The molecule has 2 N–H and O–H groups in total. The van der Waals surface area contributed by atoms with E-state index in [1.165, 1.54) is 10.6 Å². The average molecular weight is 442 g/mol. The van der Waals surface area contributed by atoms with Crippen molar-refractivity contribution in [3.05, 3.63) is 46.4 Å². The third-order valence-corrected chi connectivity index (χ3v) is 6.56. The standard InChI is InChI=1S/C21H31N9S/c1-16-26-27-20(29(16)3)13-23-21(22-9-8-19-7-5-11-31-19)25-17-6-4-10-30(14-17)18-12-24-28(2)15-18/h5,7,11-12,15,17H,4,6,8-10,13-14H2,1-3H3,(H2,22,23,25). The van der Waals surface area contributed by atoms with Crippen molar-refractivity contribution in [3.63, 3.8) is 0 Å². The van der Waals surface area contributed by atoms with Crippen molar-refractivity contribution in [2.75, 3.05) is 24.5 Å². The van der Waals surface area contributed by atoms with Gasteiger partial charge in [-0.25, -0.2) is 4.99 Å². The summed E-state index contributed by atoms with van der Waals surface area (Å²) >= 11 is 1.79. The number of piperidine rings is 1. The van der Waals surface area contributed by atoms with Crippen molar-refractivity contribution in [3.8, 4) is 0 Å². The number of anilines is 1. The molecule has 3 aromatic rings. The predicted octanol–water partition coefficient (Wildman–Crippen LogP) is 1.87. The maximum atomic E-state index is 4.82. The highest BCUT2D eigenvalue weighted by Crippen LogP contribution is 2.19. The van der Waals surface area contributed by atoms with Gasteiger partial charge in [-0.05, 0) is 37.6 Å². The number of hydrogen-bond donors (Lipinski definition) is 2. The second kappa shape index (κ2) is 9.95. The second-order valence-electron chi connectivity index (χ2n) is 7.95. The van der Waals surface area contributed by atoms with Crippen LogP contribution in [0.3, 0.4) is 0 Å². The summed E-state index contributed by atoms with van der Waals surface area (Å²) < 4.78 is 3.84. The van der Waals surface area contributed by atoms with Crippen molar-refractivity contribution in [2.24, 2.45) is 19.1 Å². The molecule has 1 saturated heterocycles. The third kappa shape index (κ3) is 5.63. The first-order valence-corrected chi connectivity index (χ1v) is 11.6. The van der Waals surface area contributed by atoms with E-state index in [0.717, 1.165) is 56.5 Å². The highest BCUT2D eigenvalue weighted by Gasteiger charge is 2.22. The van der Waals surface area contributed by atoms with Crippen LogP contribution in [0.1, 0.15) is 29.4 Å². The van der Waals surface area contributed by atoms with Crippen LogP contribution in [-0.2, 0) is 27.1 Å². The van der Waals surface area contributed by atoms with Gasteiger partial charge in [-0.2, -0.15) is 5.10 Å². The minimum atomic E-state index is 0.322. The SMILES string of the molecule is Cc1nnc(CN=C(NCCc2cccs2)NC2CCCN(c3cnn(C)c3)C2)n1C. The lowest BCUT2D eigenvalue weighted by molar-refractivity contribution is 0.467. The van der Waals surface area contributed by atoms with Gasteiger partial charge in [0.2, 0.25) is 0 Å². The molecule has 166 valence electrons. The Morgan fingerprint density at radius 3 is 2.94 bits per heavy atom. The van der Waals surface area contributed by atoms with E-state index in [1.807, 2.05) is 36.5 Å². The largest absolute Gasteiger partial charge is 0.367 e. The zero-order valence-electron chi connectivity index (χ0n) is 18.5. The molecule has 10 heteroatoms. The summed E-state index contributed by atoms with van der Waals surface area (Å²) in [5, 5.41) is 22.0. The van der Waals surface area contributed by atoms with E-state index in [9.17, 15) is 0 Å². The van der Waals surface area contributed by atoms with Crippen LogP contribution in [0, 0.1) is 6.92 Å². The fourth-order valence-electron chi connectivity index (χ4n) is 3.74. The topological polar surface area (TPSA) is 88.2 Å². The zero-order valence-corrected chi connectivity index (χ0v) is 19.3. The Balaban J connectivity index is 1.41. The van der Waals surface area contributed by atoms with Crippen molar-refractivity contribution >= 4 is 23.0 Å². The van der Waals surface area contributed by atoms with Gasteiger partial charge >= 0.3 is 0 Å². The maximum Gasteiger partial charge on any atom is 0.192 e. The number of guanidine groups is 1. The van der Waals surface area contributed by atoms with Gasteiger partial charge in [0.15, 0.2) is 11.8 Å². The highest BCUT2D eigenvalue weighted by molar-refractivity contribution is 7.09. The molecule has 0 spiro atoms. The Hall–Kier alpha value is -2.88. The molecule has 31 heavy (non-hydrogen) atoms. The van der Waals surface area contributed by atoms with E-state index >= 15 is 0 Å². The van der Waals surface area contributed by atoms with Crippen LogP contribution < -0.4 is 15.5 Å². The van der Waals surface area contributed by atoms with Crippen LogP contribution >= 0.6 is 11.3 Å². The van der Waals surface area contributed by atoms with Crippen molar-refractivity contribution in [1.29, 1.82) is 0 Å². The summed E-state index contributed by atoms with van der Waals surface area (Å²) in [6, 6.07) is 4.59. The Morgan fingerprint density at radius 1 is 1.32 bits per heavy atom. The zero-order chi connectivity index (χ0) is 21.6. The Kier molecular flexibility index (Phi) is 6.86. The molecule has 1 aliphatic rings. The minimum absolute atomic E-state index is 0.322. The van der Waals surface area contributed by atoms with E-state index in [2.05, 4.69) is 54.5 Å². The summed E-state index contributed by atoms with van der Waals surface area (Å²) in [6.07, 6.45) is 7.25. The summed E-state index contributed by atoms with van der Waals surface area (Å²) in [5.74, 6) is 2.58. The number of rotatable bonds is 7. The van der Waals surface area contributed by atoms with Crippen LogP contribution in [0.15, 0.2) is 34.9 Å². The quantitative estimate of drug-likeness (QED) is 0.430. The number of nitrogens with one attached hydrogen (secondary N) is 2. The molecule has 0 radical (unpaired) electrons. The monoisotopic (exact) mass is 441 g/mol. The van der Waals surface area contributed by atoms with Gasteiger partial charge in [-0.3, -0.25) is 4.68 Å². The second-order valence-corrected chi connectivity index (χ2v) is 8.98. The molecule has 0 amide bonds. The molecule has 1 aliphatic heterocycles. The van der Waals surface area contributed by atoms with E-state index in [1.54, 1.807) is 11.3 Å². The molecule has 0 aromatic carbocycles. The van der Waals surface area contributed by atoms with Crippen molar-refractivity contribution in [2.45, 2.75) is 38.8 Å². The van der Waals surface area contributed by atoms with Crippen LogP contribution in [0.5, 0.6) is 0 Å². The summed E-state index contributed by atoms with van der Waals surface area (Å²) in [6.45, 7) is 5.27. The van der Waals surface area contributed by atoms with Crippen molar-refractivity contribution in [1.82, 2.24) is 35.2 Å². The molecular formula is C21H31N9S. The average Bonchev–Trinajstić information content (AvgIpc) is 3.50. The number of aromatic nitrogens is 5. The number of nitrogens with zero attached hydrogens (tertiary/aromatic N) is 7. The first-order valence-electron chi connectivity index (χ1n) is 10.7. The van der Waals surface area contributed by atoms with Gasteiger partial charge in [0.25, 0.3) is 0 Å². The van der Waals surface area contributed by atoms with Crippen LogP contribution in [0.25, 0.3) is 0 Å². The fourth-order valence-corrected chi connectivity index (χ4v) is 4.45. The molecule has 4 rings (SSSR count). The molecule has 1 fully saturated rings. The molecular weight excluding hydrogens is 410 g/mol. The molecule has 1 atom stereocenters. The van der Waals surface area contributed by atoms with Crippen LogP contribution in [-0.4, -0.2) is 56.2 Å². The van der Waals surface area contributed by atoms with Gasteiger partial charge in [0.05, 0.1) is 11.9 Å². The first kappa shape index (κ1) is 21.4. The predicted molar refractivity (Wildman–Crippen MR) is 124 cm³/mol. The normalized spacial score (nSPS) is 17.2. The lowest BCUT2D eigenvalue weighted by atomic mass is 10.1. The third-order valence-electron chi connectivity index (χ3n) is 5.62. The van der Waals surface area contributed by atoms with Crippen molar-refractivity contribution < 1.29 is 0 Å². The fraction of sp³-hybridized carbons (Fsp3) is 0.524. The first-order chi connectivity index (χ1) is 15.1. The molecule has 3 aromatic heterocycles.